The van der Waals surface area contributed by atoms with Gasteiger partial charge >= 0.3 is 18.2 Å². The molecular formula is C17H14N4O3. The van der Waals surface area contributed by atoms with Crippen LogP contribution in [0.15, 0.2) is 48.5 Å². The van der Waals surface area contributed by atoms with Gasteiger partial charge < -0.3 is 9.47 Å². The lowest BCUT2D eigenvalue weighted by Crippen LogP contribution is -2.17. The van der Waals surface area contributed by atoms with Crippen molar-refractivity contribution in [3.63, 3.8) is 0 Å². The fourth-order valence-corrected chi connectivity index (χ4v) is 2.60. The van der Waals surface area contributed by atoms with Gasteiger partial charge in [-0.1, -0.05) is 24.3 Å². The standard InChI is InChI=1S/C17H14N4O3/c1-20-13-9-5-3-7-11(13)18-15(20)23-17(22)24-16-19-12-8-4-6-10-14(12)21(16)2/h3-10H,1-2H3. The lowest BCUT2D eigenvalue weighted by atomic mass is 10.3. The molecule has 0 saturated heterocycles. The highest BCUT2D eigenvalue weighted by Crippen LogP contribution is 2.22. The van der Waals surface area contributed by atoms with E-state index in [0.29, 0.717) is 0 Å². The number of carbonyl (C=O) groups excluding carboxylic acids is 1. The summed E-state index contributed by atoms with van der Waals surface area (Å²) < 4.78 is 13.8. The SMILES string of the molecule is Cn1c(OC(=O)Oc2nc3ccccc3n2C)nc2ccccc21. The normalized spacial score (nSPS) is 11.1. The van der Waals surface area contributed by atoms with Gasteiger partial charge in [0.1, 0.15) is 0 Å². The summed E-state index contributed by atoms with van der Waals surface area (Å²) in [5.74, 6) is 0. The quantitative estimate of drug-likeness (QED) is 0.530. The van der Waals surface area contributed by atoms with E-state index in [0.717, 1.165) is 22.1 Å². The zero-order chi connectivity index (χ0) is 16.7. The number of rotatable bonds is 2. The van der Waals surface area contributed by atoms with Crippen LogP contribution in [0.25, 0.3) is 22.1 Å². The Kier molecular flexibility index (Phi) is 3.19. The Morgan fingerprint density at radius 3 is 1.62 bits per heavy atom. The largest absolute Gasteiger partial charge is 0.524 e. The van der Waals surface area contributed by atoms with Crippen LogP contribution in [-0.4, -0.2) is 25.3 Å². The molecule has 24 heavy (non-hydrogen) atoms. The number of ether oxygens (including phenoxy) is 2. The number of fused-ring (bicyclic) bond motifs is 2. The van der Waals surface area contributed by atoms with Crippen LogP contribution in [-0.2, 0) is 14.1 Å². The molecule has 0 radical (unpaired) electrons. The number of aromatic nitrogens is 4. The van der Waals surface area contributed by atoms with Crippen molar-refractivity contribution in [2.45, 2.75) is 0 Å². The summed E-state index contributed by atoms with van der Waals surface area (Å²) in [4.78, 5) is 20.6. The van der Waals surface area contributed by atoms with Crippen molar-refractivity contribution in [3.05, 3.63) is 48.5 Å². The summed E-state index contributed by atoms with van der Waals surface area (Å²) >= 11 is 0. The number of aryl methyl sites for hydroxylation is 2. The van der Waals surface area contributed by atoms with Gasteiger partial charge in [0.2, 0.25) is 0 Å². The highest BCUT2D eigenvalue weighted by molar-refractivity contribution is 5.79. The molecule has 7 heteroatoms. The fraction of sp³-hybridized carbons (Fsp3) is 0.118. The molecule has 0 spiro atoms. The molecule has 0 bridgehead atoms. The minimum Gasteiger partial charge on any atom is -0.359 e. The molecule has 4 rings (SSSR count). The van der Waals surface area contributed by atoms with E-state index in [4.69, 9.17) is 9.47 Å². The Bertz CT molecular complexity index is 980. The predicted molar refractivity (Wildman–Crippen MR) is 88.1 cm³/mol. The minimum absolute atomic E-state index is 0.167. The van der Waals surface area contributed by atoms with Crippen LogP contribution in [0.3, 0.4) is 0 Å². The highest BCUT2D eigenvalue weighted by atomic mass is 16.7. The highest BCUT2D eigenvalue weighted by Gasteiger charge is 2.17. The maximum atomic E-state index is 12.1. The summed E-state index contributed by atoms with van der Waals surface area (Å²) in [5, 5.41) is 0. The van der Waals surface area contributed by atoms with Crippen molar-refractivity contribution < 1.29 is 14.3 Å². The maximum Gasteiger partial charge on any atom is 0.524 e. The second-order valence-corrected chi connectivity index (χ2v) is 5.34. The fourth-order valence-electron chi connectivity index (χ4n) is 2.60. The van der Waals surface area contributed by atoms with Gasteiger partial charge in [0.25, 0.3) is 0 Å². The van der Waals surface area contributed by atoms with E-state index >= 15 is 0 Å². The van der Waals surface area contributed by atoms with Gasteiger partial charge in [0, 0.05) is 14.1 Å². The van der Waals surface area contributed by atoms with Gasteiger partial charge in [-0.05, 0) is 24.3 Å². The van der Waals surface area contributed by atoms with E-state index in [2.05, 4.69) is 9.97 Å². The van der Waals surface area contributed by atoms with Crippen molar-refractivity contribution in [2.24, 2.45) is 14.1 Å². The van der Waals surface area contributed by atoms with E-state index in [-0.39, 0.29) is 12.0 Å². The van der Waals surface area contributed by atoms with E-state index in [9.17, 15) is 4.79 Å². The first-order valence-corrected chi connectivity index (χ1v) is 7.36. The number of hydrogen-bond donors (Lipinski definition) is 0. The lowest BCUT2D eigenvalue weighted by Gasteiger charge is -2.04. The zero-order valence-electron chi connectivity index (χ0n) is 13.1. The van der Waals surface area contributed by atoms with Crippen molar-refractivity contribution >= 4 is 28.2 Å². The molecule has 2 aromatic carbocycles. The Morgan fingerprint density at radius 2 is 1.21 bits per heavy atom. The molecule has 4 aromatic rings. The molecule has 0 N–H and O–H groups in total. The van der Waals surface area contributed by atoms with Crippen LogP contribution in [0.5, 0.6) is 12.0 Å². The predicted octanol–water partition coefficient (Wildman–Crippen LogP) is 3.04. The van der Waals surface area contributed by atoms with Crippen molar-refractivity contribution in [3.8, 4) is 12.0 Å². The zero-order valence-corrected chi connectivity index (χ0v) is 13.1. The summed E-state index contributed by atoms with van der Waals surface area (Å²) in [6.07, 6.45) is -0.883. The third-order valence-electron chi connectivity index (χ3n) is 3.84. The molecule has 0 aliphatic heterocycles. The van der Waals surface area contributed by atoms with Crippen LogP contribution in [0, 0.1) is 0 Å². The van der Waals surface area contributed by atoms with E-state index in [1.54, 1.807) is 23.2 Å². The minimum atomic E-state index is -0.883. The monoisotopic (exact) mass is 322 g/mol. The molecule has 7 nitrogen and oxygen atoms in total. The molecule has 0 fully saturated rings. The summed E-state index contributed by atoms with van der Waals surface area (Å²) in [7, 11) is 3.54. The number of imidazole rings is 2. The second kappa shape index (κ2) is 5.38. The number of benzene rings is 2. The number of carbonyl (C=O) groups is 1. The Morgan fingerprint density at radius 1 is 0.792 bits per heavy atom. The van der Waals surface area contributed by atoms with Gasteiger partial charge in [-0.15, -0.1) is 0 Å². The number of nitrogens with zero attached hydrogens (tertiary/aromatic N) is 4. The second-order valence-electron chi connectivity index (χ2n) is 5.34. The molecule has 120 valence electrons. The van der Waals surface area contributed by atoms with Gasteiger partial charge in [-0.25, -0.2) is 4.79 Å². The average molecular weight is 322 g/mol. The van der Waals surface area contributed by atoms with Crippen LogP contribution < -0.4 is 9.47 Å². The lowest BCUT2D eigenvalue weighted by molar-refractivity contribution is 0.141. The van der Waals surface area contributed by atoms with Crippen LogP contribution in [0.2, 0.25) is 0 Å². The maximum absolute atomic E-state index is 12.1. The summed E-state index contributed by atoms with van der Waals surface area (Å²) in [5.41, 5.74) is 3.21. The smallest absolute Gasteiger partial charge is 0.359 e. The Labute approximate surface area is 137 Å². The first kappa shape index (κ1) is 14.3. The van der Waals surface area contributed by atoms with E-state index in [1.165, 1.54) is 0 Å². The Balaban J connectivity index is 1.59. The third kappa shape index (κ3) is 2.26. The summed E-state index contributed by atoms with van der Waals surface area (Å²) in [6, 6.07) is 15.3. The van der Waals surface area contributed by atoms with Gasteiger partial charge in [0.05, 0.1) is 22.1 Å². The topological polar surface area (TPSA) is 71.2 Å². The van der Waals surface area contributed by atoms with Gasteiger partial charge in [-0.3, -0.25) is 9.13 Å². The molecule has 2 heterocycles. The number of para-hydroxylation sites is 4. The molecule has 0 saturated carbocycles. The first-order valence-electron chi connectivity index (χ1n) is 7.36. The van der Waals surface area contributed by atoms with Gasteiger partial charge in [0.15, 0.2) is 0 Å². The first-order chi connectivity index (χ1) is 11.6. The van der Waals surface area contributed by atoms with Crippen LogP contribution in [0.1, 0.15) is 0 Å². The molecule has 0 unspecified atom stereocenters. The van der Waals surface area contributed by atoms with Crippen molar-refractivity contribution in [1.82, 2.24) is 19.1 Å². The molecule has 2 aromatic heterocycles. The van der Waals surface area contributed by atoms with Crippen LogP contribution >= 0.6 is 0 Å². The number of hydrogen-bond acceptors (Lipinski definition) is 5. The van der Waals surface area contributed by atoms with Crippen molar-refractivity contribution in [2.75, 3.05) is 0 Å². The molecule has 0 atom stereocenters. The Hall–Kier alpha value is -3.35. The molecule has 0 aliphatic rings. The van der Waals surface area contributed by atoms with Crippen LogP contribution in [0.4, 0.5) is 4.79 Å². The van der Waals surface area contributed by atoms with E-state index in [1.807, 2.05) is 48.5 Å². The molecule has 0 amide bonds. The van der Waals surface area contributed by atoms with Crippen molar-refractivity contribution in [1.29, 1.82) is 0 Å². The van der Waals surface area contributed by atoms with E-state index < -0.39 is 6.16 Å². The molecule has 0 aliphatic carbocycles. The summed E-state index contributed by atoms with van der Waals surface area (Å²) in [6.45, 7) is 0. The van der Waals surface area contributed by atoms with Gasteiger partial charge in [-0.2, -0.15) is 9.97 Å². The third-order valence-corrected chi connectivity index (χ3v) is 3.84. The molecular weight excluding hydrogens is 308 g/mol. The average Bonchev–Trinajstić information content (AvgIpc) is 3.06.